The molecule has 24 heavy (non-hydrogen) atoms. The molecule has 124 valence electrons. The van der Waals surface area contributed by atoms with Gasteiger partial charge in [0, 0.05) is 48.1 Å². The Bertz CT molecular complexity index is 823. The third kappa shape index (κ3) is 4.01. The summed E-state index contributed by atoms with van der Waals surface area (Å²) in [6.45, 7) is 1.56. The molecule has 0 aliphatic rings. The van der Waals surface area contributed by atoms with Crippen molar-refractivity contribution in [2.75, 3.05) is 37.5 Å². The smallest absolute Gasteiger partial charge is 0.227 e. The van der Waals surface area contributed by atoms with Crippen molar-refractivity contribution in [3.8, 4) is 0 Å². The van der Waals surface area contributed by atoms with Crippen molar-refractivity contribution in [1.82, 2.24) is 9.97 Å². The molecule has 0 amide bonds. The second-order valence-corrected chi connectivity index (χ2v) is 6.40. The van der Waals surface area contributed by atoms with Gasteiger partial charge in [0.25, 0.3) is 0 Å². The first kappa shape index (κ1) is 16.7. The average Bonchev–Trinajstić information content (AvgIpc) is 2.60. The highest BCUT2D eigenvalue weighted by Crippen LogP contribution is 2.21. The number of hydrogen-bond acceptors (Lipinski definition) is 5. The van der Waals surface area contributed by atoms with Crippen LogP contribution < -0.4 is 10.2 Å². The van der Waals surface area contributed by atoms with E-state index < -0.39 is 0 Å². The van der Waals surface area contributed by atoms with E-state index in [1.807, 2.05) is 43.6 Å². The van der Waals surface area contributed by atoms with Gasteiger partial charge < -0.3 is 15.0 Å². The molecule has 0 spiro atoms. The fourth-order valence-corrected chi connectivity index (χ4v) is 2.73. The van der Waals surface area contributed by atoms with E-state index in [2.05, 4.69) is 48.2 Å². The molecule has 2 aromatic carbocycles. The number of ether oxygens (including phenoxy) is 1. The Balaban J connectivity index is 1.72. The van der Waals surface area contributed by atoms with Crippen molar-refractivity contribution in [1.29, 1.82) is 0 Å². The highest BCUT2D eigenvalue weighted by atomic mass is 79.9. The van der Waals surface area contributed by atoms with Crippen molar-refractivity contribution < 1.29 is 4.74 Å². The summed E-state index contributed by atoms with van der Waals surface area (Å²) < 4.78 is 6.13. The molecule has 0 aliphatic heterocycles. The number of anilines is 3. The molecule has 1 aromatic heterocycles. The molecule has 3 rings (SSSR count). The number of benzene rings is 2. The second-order valence-electron chi connectivity index (χ2n) is 5.48. The lowest BCUT2D eigenvalue weighted by atomic mass is 10.2. The zero-order chi connectivity index (χ0) is 16.9. The van der Waals surface area contributed by atoms with E-state index in [-0.39, 0.29) is 0 Å². The van der Waals surface area contributed by atoms with Crippen LogP contribution in [0.4, 0.5) is 17.3 Å². The molecule has 0 radical (unpaired) electrons. The van der Waals surface area contributed by atoms with Crippen LogP contribution in [0.15, 0.2) is 53.1 Å². The summed E-state index contributed by atoms with van der Waals surface area (Å²) in [5, 5.41) is 4.25. The number of methoxy groups -OCH3 is 1. The topological polar surface area (TPSA) is 50.3 Å². The molecular formula is C18H19BrN4O. The van der Waals surface area contributed by atoms with Crippen LogP contribution in [0.1, 0.15) is 0 Å². The molecule has 0 saturated heterocycles. The normalized spacial score (nSPS) is 10.8. The lowest BCUT2D eigenvalue weighted by Gasteiger charge is -2.19. The van der Waals surface area contributed by atoms with Crippen LogP contribution in [0, 0.1) is 0 Å². The second kappa shape index (κ2) is 7.59. The van der Waals surface area contributed by atoms with Crippen molar-refractivity contribution >= 4 is 44.2 Å². The molecular weight excluding hydrogens is 368 g/mol. The van der Waals surface area contributed by atoms with E-state index in [1.165, 1.54) is 0 Å². The third-order valence-electron chi connectivity index (χ3n) is 3.74. The monoisotopic (exact) mass is 386 g/mol. The summed E-state index contributed by atoms with van der Waals surface area (Å²) in [5.41, 5.74) is 3.00. The van der Waals surface area contributed by atoms with Gasteiger partial charge in [0.2, 0.25) is 5.95 Å². The zero-order valence-corrected chi connectivity index (χ0v) is 15.2. The standard InChI is InChI=1S/C18H19BrN4O/c1-23(9-10-24-2)16-6-4-15(5-7-16)21-18-20-12-13-11-14(19)3-8-17(13)22-18/h3-8,11-12H,9-10H2,1-2H3,(H,20,21,22). The molecule has 0 saturated carbocycles. The number of aromatic nitrogens is 2. The fourth-order valence-electron chi connectivity index (χ4n) is 2.35. The Morgan fingerprint density at radius 1 is 1.17 bits per heavy atom. The van der Waals surface area contributed by atoms with Gasteiger partial charge in [-0.1, -0.05) is 15.9 Å². The predicted molar refractivity (Wildman–Crippen MR) is 102 cm³/mol. The number of likely N-dealkylation sites (N-methyl/N-ethyl adjacent to an activating group) is 1. The van der Waals surface area contributed by atoms with Crippen LogP contribution in [-0.2, 0) is 4.74 Å². The highest BCUT2D eigenvalue weighted by Gasteiger charge is 2.03. The molecule has 1 N–H and O–H groups in total. The molecule has 0 unspecified atom stereocenters. The van der Waals surface area contributed by atoms with E-state index in [4.69, 9.17) is 4.74 Å². The first-order valence-corrected chi connectivity index (χ1v) is 8.44. The quantitative estimate of drug-likeness (QED) is 0.687. The van der Waals surface area contributed by atoms with Crippen LogP contribution in [0.5, 0.6) is 0 Å². The van der Waals surface area contributed by atoms with E-state index in [9.17, 15) is 0 Å². The fraction of sp³-hybridized carbons (Fsp3) is 0.222. The van der Waals surface area contributed by atoms with Gasteiger partial charge in [0.15, 0.2) is 0 Å². The zero-order valence-electron chi connectivity index (χ0n) is 13.7. The van der Waals surface area contributed by atoms with Crippen molar-refractivity contribution in [3.63, 3.8) is 0 Å². The van der Waals surface area contributed by atoms with Gasteiger partial charge in [0.05, 0.1) is 12.1 Å². The molecule has 0 aliphatic carbocycles. The van der Waals surface area contributed by atoms with Crippen LogP contribution in [0.25, 0.3) is 10.9 Å². The van der Waals surface area contributed by atoms with Crippen LogP contribution in [0.3, 0.4) is 0 Å². The van der Waals surface area contributed by atoms with Gasteiger partial charge in [-0.05, 0) is 42.5 Å². The number of nitrogens with one attached hydrogen (secondary N) is 1. The molecule has 3 aromatic rings. The van der Waals surface area contributed by atoms with Gasteiger partial charge in [-0.15, -0.1) is 0 Å². The molecule has 0 bridgehead atoms. The Morgan fingerprint density at radius 2 is 1.96 bits per heavy atom. The lowest BCUT2D eigenvalue weighted by molar-refractivity contribution is 0.206. The molecule has 6 heteroatoms. The first-order chi connectivity index (χ1) is 11.7. The minimum atomic E-state index is 0.588. The Labute approximate surface area is 149 Å². The summed E-state index contributed by atoms with van der Waals surface area (Å²) in [7, 11) is 3.76. The number of hydrogen-bond donors (Lipinski definition) is 1. The SMILES string of the molecule is COCCN(C)c1ccc(Nc2ncc3cc(Br)ccc3n2)cc1. The van der Waals surface area contributed by atoms with Gasteiger partial charge in [-0.3, -0.25) is 0 Å². The number of rotatable bonds is 6. The maximum Gasteiger partial charge on any atom is 0.227 e. The van der Waals surface area contributed by atoms with Crippen LogP contribution in [0.2, 0.25) is 0 Å². The minimum Gasteiger partial charge on any atom is -0.383 e. The predicted octanol–water partition coefficient (Wildman–Crippen LogP) is 4.22. The molecule has 0 atom stereocenters. The van der Waals surface area contributed by atoms with Gasteiger partial charge in [-0.25, -0.2) is 9.97 Å². The Hall–Kier alpha value is -2.18. The third-order valence-corrected chi connectivity index (χ3v) is 4.23. The summed E-state index contributed by atoms with van der Waals surface area (Å²) >= 11 is 3.46. The Morgan fingerprint density at radius 3 is 2.71 bits per heavy atom. The average molecular weight is 387 g/mol. The van der Waals surface area contributed by atoms with E-state index in [1.54, 1.807) is 7.11 Å². The largest absolute Gasteiger partial charge is 0.383 e. The molecule has 1 heterocycles. The summed E-state index contributed by atoms with van der Waals surface area (Å²) in [6, 6.07) is 14.1. The van der Waals surface area contributed by atoms with E-state index in [0.717, 1.165) is 33.3 Å². The Kier molecular flexibility index (Phi) is 5.27. The maximum atomic E-state index is 5.11. The van der Waals surface area contributed by atoms with Gasteiger partial charge in [-0.2, -0.15) is 0 Å². The molecule has 5 nitrogen and oxygen atoms in total. The maximum absolute atomic E-state index is 5.11. The number of nitrogens with zero attached hydrogens (tertiary/aromatic N) is 3. The number of fused-ring (bicyclic) bond motifs is 1. The summed E-state index contributed by atoms with van der Waals surface area (Å²) in [5.74, 6) is 0.588. The van der Waals surface area contributed by atoms with Crippen LogP contribution >= 0.6 is 15.9 Å². The van der Waals surface area contributed by atoms with E-state index >= 15 is 0 Å². The highest BCUT2D eigenvalue weighted by molar-refractivity contribution is 9.10. The minimum absolute atomic E-state index is 0.588. The summed E-state index contributed by atoms with van der Waals surface area (Å²) in [6.07, 6.45) is 1.82. The van der Waals surface area contributed by atoms with Gasteiger partial charge >= 0.3 is 0 Å². The molecule has 0 fully saturated rings. The van der Waals surface area contributed by atoms with Crippen molar-refractivity contribution in [2.24, 2.45) is 0 Å². The summed E-state index contributed by atoms with van der Waals surface area (Å²) in [4.78, 5) is 11.1. The first-order valence-electron chi connectivity index (χ1n) is 7.65. The lowest BCUT2D eigenvalue weighted by Crippen LogP contribution is -2.21. The van der Waals surface area contributed by atoms with Crippen LogP contribution in [-0.4, -0.2) is 37.3 Å². The van der Waals surface area contributed by atoms with E-state index in [0.29, 0.717) is 12.6 Å². The van der Waals surface area contributed by atoms with Crippen molar-refractivity contribution in [2.45, 2.75) is 0 Å². The van der Waals surface area contributed by atoms with Gasteiger partial charge in [0.1, 0.15) is 0 Å². The van der Waals surface area contributed by atoms with Crippen molar-refractivity contribution in [3.05, 3.63) is 53.1 Å². The number of halogens is 1.